The maximum atomic E-state index is 12.8. The molecule has 3 heterocycles. The summed E-state index contributed by atoms with van der Waals surface area (Å²) in [5.41, 5.74) is 1.66. The minimum absolute atomic E-state index is 0.0327. The number of aliphatic hydroxyl groups is 1. The number of hydrogen-bond acceptors (Lipinski definition) is 6. The molecule has 3 atom stereocenters. The summed E-state index contributed by atoms with van der Waals surface area (Å²) in [6.45, 7) is 3.52. The fourth-order valence-corrected chi connectivity index (χ4v) is 3.84. The van der Waals surface area contributed by atoms with Crippen molar-refractivity contribution in [1.82, 2.24) is 14.7 Å². The second-order valence-corrected chi connectivity index (χ2v) is 8.16. The maximum absolute atomic E-state index is 12.8. The molecule has 1 aromatic heterocycles. The molecule has 2 aromatic rings. The Bertz CT molecular complexity index is 913. The number of nitrogens with one attached hydrogen (secondary N) is 1. The van der Waals surface area contributed by atoms with E-state index in [4.69, 9.17) is 9.47 Å². The molecule has 0 bridgehead atoms. The second-order valence-electron chi connectivity index (χ2n) is 8.16. The van der Waals surface area contributed by atoms with E-state index in [1.807, 2.05) is 31.2 Å². The molecule has 2 N–H and O–H groups in total. The molecule has 31 heavy (non-hydrogen) atoms. The molecule has 2 aliphatic rings. The van der Waals surface area contributed by atoms with Crippen LogP contribution in [0.15, 0.2) is 36.7 Å². The van der Waals surface area contributed by atoms with Gasteiger partial charge in [-0.15, -0.1) is 0 Å². The molecular weight excluding hydrogens is 400 g/mol. The highest BCUT2D eigenvalue weighted by molar-refractivity contribution is 5.94. The molecule has 0 saturated carbocycles. The van der Waals surface area contributed by atoms with Gasteiger partial charge in [-0.2, -0.15) is 5.10 Å². The zero-order valence-electron chi connectivity index (χ0n) is 17.6. The first kappa shape index (κ1) is 21.3. The van der Waals surface area contributed by atoms with E-state index in [0.717, 1.165) is 18.6 Å². The summed E-state index contributed by atoms with van der Waals surface area (Å²) < 4.78 is 12.8. The number of anilines is 1. The van der Waals surface area contributed by atoms with Crippen molar-refractivity contribution < 1.29 is 24.2 Å². The number of piperidine rings is 1. The van der Waals surface area contributed by atoms with Crippen LogP contribution in [0.3, 0.4) is 0 Å². The van der Waals surface area contributed by atoms with Gasteiger partial charge in [-0.25, -0.2) is 0 Å². The van der Waals surface area contributed by atoms with Crippen LogP contribution in [0.25, 0.3) is 0 Å². The third kappa shape index (κ3) is 5.62. The summed E-state index contributed by atoms with van der Waals surface area (Å²) in [6.07, 6.45) is 3.87. The molecule has 1 aromatic carbocycles. The zero-order chi connectivity index (χ0) is 21.8. The van der Waals surface area contributed by atoms with Crippen molar-refractivity contribution in [2.45, 2.75) is 51.0 Å². The number of ether oxygens (including phenoxy) is 2. The number of carbonyl (C=O) groups is 2. The molecule has 2 saturated heterocycles. The van der Waals surface area contributed by atoms with Crippen molar-refractivity contribution in [3.8, 4) is 5.75 Å². The lowest BCUT2D eigenvalue weighted by Gasteiger charge is -2.33. The lowest BCUT2D eigenvalue weighted by atomic mass is 10.1. The molecule has 166 valence electrons. The fraction of sp³-hybridized carbons (Fsp3) is 0.500. The molecule has 2 fully saturated rings. The van der Waals surface area contributed by atoms with Crippen LogP contribution in [0.1, 0.15) is 24.8 Å². The summed E-state index contributed by atoms with van der Waals surface area (Å²) in [5, 5.41) is 16.4. The van der Waals surface area contributed by atoms with E-state index < -0.39 is 12.2 Å². The number of aryl methyl sites for hydroxylation is 1. The SMILES string of the molecule is Cc1ccc(O[C@H]2CCCN(C(=O)Cn3cc(NC(=O)[C@@H]4C[C@@H](O)CO4)cn3)C2)cc1. The Balaban J connectivity index is 1.28. The number of carbonyl (C=O) groups excluding carboxylic acids is 2. The highest BCUT2D eigenvalue weighted by atomic mass is 16.5. The first-order chi connectivity index (χ1) is 15.0. The van der Waals surface area contributed by atoms with Gasteiger partial charge in [0.15, 0.2) is 0 Å². The second kappa shape index (κ2) is 9.49. The van der Waals surface area contributed by atoms with E-state index in [0.29, 0.717) is 18.8 Å². The average molecular weight is 428 g/mol. The number of rotatable bonds is 6. The number of amides is 2. The normalized spacial score (nSPS) is 23.5. The van der Waals surface area contributed by atoms with Crippen molar-refractivity contribution in [2.75, 3.05) is 25.0 Å². The molecule has 0 unspecified atom stereocenters. The Morgan fingerprint density at radius 3 is 2.87 bits per heavy atom. The summed E-state index contributed by atoms with van der Waals surface area (Å²) in [6, 6.07) is 7.92. The van der Waals surface area contributed by atoms with Crippen LogP contribution in [0.4, 0.5) is 5.69 Å². The third-order valence-electron chi connectivity index (χ3n) is 5.52. The van der Waals surface area contributed by atoms with Gasteiger partial charge in [0.1, 0.15) is 24.5 Å². The van der Waals surface area contributed by atoms with E-state index in [1.54, 1.807) is 11.1 Å². The molecule has 9 nitrogen and oxygen atoms in total. The number of hydrogen-bond donors (Lipinski definition) is 2. The number of nitrogens with zero attached hydrogens (tertiary/aromatic N) is 3. The van der Waals surface area contributed by atoms with Crippen molar-refractivity contribution in [1.29, 1.82) is 0 Å². The standard InChI is InChI=1S/C22H28N4O5/c1-15-4-6-18(7-5-15)31-19-3-2-8-25(12-19)21(28)13-26-11-16(10-23-26)24-22(29)20-9-17(27)14-30-20/h4-7,10-11,17,19-20,27H,2-3,8-9,12-14H2,1H3,(H,24,29)/t17-,19+,20+/m1/s1. The number of benzene rings is 1. The van der Waals surface area contributed by atoms with Crippen LogP contribution in [-0.4, -0.2) is 69.6 Å². The van der Waals surface area contributed by atoms with Gasteiger partial charge < -0.3 is 24.8 Å². The lowest BCUT2D eigenvalue weighted by molar-refractivity contribution is -0.134. The zero-order valence-corrected chi connectivity index (χ0v) is 17.6. The monoisotopic (exact) mass is 428 g/mol. The van der Waals surface area contributed by atoms with E-state index in [1.165, 1.54) is 16.4 Å². The molecule has 0 radical (unpaired) electrons. The molecule has 2 amide bonds. The van der Waals surface area contributed by atoms with E-state index in [-0.39, 0.29) is 37.5 Å². The minimum atomic E-state index is -0.668. The maximum Gasteiger partial charge on any atom is 0.253 e. The van der Waals surface area contributed by atoms with Crippen LogP contribution in [0, 0.1) is 6.92 Å². The number of aromatic nitrogens is 2. The van der Waals surface area contributed by atoms with Crippen LogP contribution < -0.4 is 10.1 Å². The van der Waals surface area contributed by atoms with E-state index >= 15 is 0 Å². The molecule has 4 rings (SSSR count). The highest BCUT2D eigenvalue weighted by Gasteiger charge is 2.30. The Morgan fingerprint density at radius 1 is 1.32 bits per heavy atom. The van der Waals surface area contributed by atoms with Crippen LogP contribution in [0.2, 0.25) is 0 Å². The molecule has 2 aliphatic heterocycles. The van der Waals surface area contributed by atoms with Gasteiger partial charge in [0.2, 0.25) is 5.91 Å². The summed E-state index contributed by atoms with van der Waals surface area (Å²) >= 11 is 0. The summed E-state index contributed by atoms with van der Waals surface area (Å²) in [5.74, 6) is 0.450. The Kier molecular flexibility index (Phi) is 6.53. The van der Waals surface area contributed by atoms with E-state index in [9.17, 15) is 14.7 Å². The van der Waals surface area contributed by atoms with Gasteiger partial charge in [-0.1, -0.05) is 17.7 Å². The third-order valence-corrected chi connectivity index (χ3v) is 5.52. The van der Waals surface area contributed by atoms with Crippen molar-refractivity contribution >= 4 is 17.5 Å². The van der Waals surface area contributed by atoms with Gasteiger partial charge in [-0.3, -0.25) is 14.3 Å². The van der Waals surface area contributed by atoms with Gasteiger partial charge >= 0.3 is 0 Å². The quantitative estimate of drug-likeness (QED) is 0.720. The van der Waals surface area contributed by atoms with Gasteiger partial charge in [0.05, 0.1) is 31.1 Å². The topological polar surface area (TPSA) is 106 Å². The predicted octanol–water partition coefficient (Wildman–Crippen LogP) is 1.35. The van der Waals surface area contributed by atoms with Crippen LogP contribution >= 0.6 is 0 Å². The smallest absolute Gasteiger partial charge is 0.253 e. The number of aliphatic hydroxyl groups excluding tert-OH is 1. The van der Waals surface area contributed by atoms with Crippen molar-refractivity contribution in [2.24, 2.45) is 0 Å². The Hall–Kier alpha value is -2.91. The first-order valence-electron chi connectivity index (χ1n) is 10.6. The Morgan fingerprint density at radius 2 is 2.13 bits per heavy atom. The molecule has 0 aliphatic carbocycles. The van der Waals surface area contributed by atoms with Gasteiger partial charge in [0, 0.05) is 19.2 Å². The lowest BCUT2D eigenvalue weighted by Crippen LogP contribution is -2.45. The van der Waals surface area contributed by atoms with Crippen LogP contribution in [-0.2, 0) is 20.9 Å². The molecule has 0 spiro atoms. The molecular formula is C22H28N4O5. The fourth-order valence-electron chi connectivity index (χ4n) is 3.84. The first-order valence-corrected chi connectivity index (χ1v) is 10.6. The van der Waals surface area contributed by atoms with Crippen molar-refractivity contribution in [3.05, 3.63) is 42.2 Å². The molecule has 9 heteroatoms. The predicted molar refractivity (Wildman–Crippen MR) is 113 cm³/mol. The largest absolute Gasteiger partial charge is 0.489 e. The van der Waals surface area contributed by atoms with Crippen molar-refractivity contribution in [3.63, 3.8) is 0 Å². The Labute approximate surface area is 180 Å². The average Bonchev–Trinajstić information content (AvgIpc) is 3.39. The highest BCUT2D eigenvalue weighted by Crippen LogP contribution is 2.20. The summed E-state index contributed by atoms with van der Waals surface area (Å²) in [7, 11) is 0. The van der Waals surface area contributed by atoms with E-state index in [2.05, 4.69) is 10.4 Å². The number of likely N-dealkylation sites (tertiary alicyclic amines) is 1. The van der Waals surface area contributed by atoms with Gasteiger partial charge in [0.25, 0.3) is 5.91 Å². The summed E-state index contributed by atoms with van der Waals surface area (Å²) in [4.78, 5) is 26.7. The van der Waals surface area contributed by atoms with Gasteiger partial charge in [-0.05, 0) is 31.9 Å². The minimum Gasteiger partial charge on any atom is -0.489 e. The van der Waals surface area contributed by atoms with Crippen LogP contribution in [0.5, 0.6) is 5.75 Å².